The van der Waals surface area contributed by atoms with E-state index in [9.17, 15) is 19.8 Å². The van der Waals surface area contributed by atoms with Crippen molar-refractivity contribution in [1.29, 1.82) is 0 Å². The van der Waals surface area contributed by atoms with Crippen LogP contribution in [0, 0.1) is 0 Å². The standard InChI is InChI=1S/C11H18N2O5S/c14-5-8-6-18-3-1-12(8)11(17)13-2-4-19-7-9(13)10(15)16/h8-9,14H,1-7H2,(H,15,16). The van der Waals surface area contributed by atoms with E-state index in [1.54, 1.807) is 0 Å². The Morgan fingerprint density at radius 3 is 2.79 bits per heavy atom. The summed E-state index contributed by atoms with van der Waals surface area (Å²) in [5.41, 5.74) is 0. The fraction of sp³-hybridized carbons (Fsp3) is 0.818. The number of aliphatic hydroxyl groups excluding tert-OH is 1. The monoisotopic (exact) mass is 290 g/mol. The molecule has 2 rings (SSSR count). The molecule has 0 aromatic heterocycles. The van der Waals surface area contributed by atoms with Crippen molar-refractivity contribution in [3.8, 4) is 0 Å². The SMILES string of the molecule is O=C(O)C1CSCCN1C(=O)N1CCOCC1CO. The van der Waals surface area contributed by atoms with Gasteiger partial charge in [0.05, 0.1) is 25.9 Å². The molecule has 0 aromatic carbocycles. The first-order chi connectivity index (χ1) is 9.15. The highest BCUT2D eigenvalue weighted by atomic mass is 32.2. The molecule has 2 N–H and O–H groups in total. The number of nitrogens with zero attached hydrogens (tertiary/aromatic N) is 2. The third kappa shape index (κ3) is 3.13. The van der Waals surface area contributed by atoms with Crippen LogP contribution in [-0.2, 0) is 9.53 Å². The molecule has 2 heterocycles. The summed E-state index contributed by atoms with van der Waals surface area (Å²) in [5.74, 6) is 0.174. The van der Waals surface area contributed by atoms with Crippen LogP contribution in [0.5, 0.6) is 0 Å². The van der Waals surface area contributed by atoms with E-state index in [-0.39, 0.29) is 18.7 Å². The number of carboxylic acids is 1. The minimum atomic E-state index is -0.977. The van der Waals surface area contributed by atoms with Crippen LogP contribution >= 0.6 is 11.8 Å². The van der Waals surface area contributed by atoms with E-state index < -0.39 is 12.0 Å². The van der Waals surface area contributed by atoms with Gasteiger partial charge in [0.15, 0.2) is 0 Å². The van der Waals surface area contributed by atoms with E-state index >= 15 is 0 Å². The second-order valence-electron chi connectivity index (χ2n) is 4.51. The number of aliphatic carboxylic acids is 1. The summed E-state index contributed by atoms with van der Waals surface area (Å²) in [5, 5.41) is 18.5. The highest BCUT2D eigenvalue weighted by Gasteiger charge is 2.37. The molecular formula is C11H18N2O5S. The molecule has 0 aromatic rings. The van der Waals surface area contributed by atoms with Crippen LogP contribution < -0.4 is 0 Å². The van der Waals surface area contributed by atoms with Gasteiger partial charge < -0.3 is 24.7 Å². The van der Waals surface area contributed by atoms with Crippen molar-refractivity contribution < 1.29 is 24.5 Å². The zero-order valence-electron chi connectivity index (χ0n) is 10.5. The Kier molecular flexibility index (Phi) is 4.89. The fourth-order valence-electron chi connectivity index (χ4n) is 2.26. The summed E-state index contributed by atoms with van der Waals surface area (Å²) in [4.78, 5) is 26.6. The Morgan fingerprint density at radius 1 is 1.32 bits per heavy atom. The summed E-state index contributed by atoms with van der Waals surface area (Å²) >= 11 is 1.54. The van der Waals surface area contributed by atoms with Gasteiger partial charge in [-0.1, -0.05) is 0 Å². The Balaban J connectivity index is 2.09. The molecule has 7 nitrogen and oxygen atoms in total. The summed E-state index contributed by atoms with van der Waals surface area (Å²) in [6.45, 7) is 1.35. The lowest BCUT2D eigenvalue weighted by Crippen LogP contribution is -2.60. The maximum atomic E-state index is 12.4. The van der Waals surface area contributed by atoms with Crippen molar-refractivity contribution in [2.75, 3.05) is 44.4 Å². The van der Waals surface area contributed by atoms with Crippen molar-refractivity contribution in [3.05, 3.63) is 0 Å². The van der Waals surface area contributed by atoms with Gasteiger partial charge in [-0.25, -0.2) is 9.59 Å². The van der Waals surface area contributed by atoms with Gasteiger partial charge in [0, 0.05) is 24.6 Å². The van der Waals surface area contributed by atoms with E-state index in [4.69, 9.17) is 4.74 Å². The number of carbonyl (C=O) groups excluding carboxylic acids is 1. The third-order valence-electron chi connectivity index (χ3n) is 3.34. The van der Waals surface area contributed by atoms with Crippen molar-refractivity contribution >= 4 is 23.8 Å². The molecule has 8 heteroatoms. The number of hydrogen-bond acceptors (Lipinski definition) is 5. The summed E-state index contributed by atoms with van der Waals surface area (Å²) in [7, 11) is 0. The smallest absolute Gasteiger partial charge is 0.327 e. The molecule has 0 bridgehead atoms. The highest BCUT2D eigenvalue weighted by Crippen LogP contribution is 2.20. The summed E-state index contributed by atoms with van der Waals surface area (Å²) in [6, 6.07) is -1.48. The van der Waals surface area contributed by atoms with Crippen molar-refractivity contribution in [3.63, 3.8) is 0 Å². The fourth-order valence-corrected chi connectivity index (χ4v) is 3.30. The molecule has 0 spiro atoms. The first-order valence-electron chi connectivity index (χ1n) is 6.21. The molecule has 0 radical (unpaired) electrons. The molecule has 2 unspecified atom stereocenters. The molecule has 0 aliphatic carbocycles. The Bertz CT molecular complexity index is 354. The van der Waals surface area contributed by atoms with Crippen LogP contribution in [0.25, 0.3) is 0 Å². The van der Waals surface area contributed by atoms with E-state index in [2.05, 4.69) is 0 Å². The Hall–Kier alpha value is -0.990. The van der Waals surface area contributed by atoms with Gasteiger partial charge >= 0.3 is 12.0 Å². The first kappa shape index (κ1) is 14.4. The highest BCUT2D eigenvalue weighted by molar-refractivity contribution is 7.99. The topological polar surface area (TPSA) is 90.3 Å². The lowest BCUT2D eigenvalue weighted by molar-refractivity contribution is -0.141. The number of amides is 2. The van der Waals surface area contributed by atoms with E-state index in [0.29, 0.717) is 32.1 Å². The molecule has 0 saturated carbocycles. The Morgan fingerprint density at radius 2 is 2.11 bits per heavy atom. The van der Waals surface area contributed by atoms with Crippen LogP contribution in [-0.4, -0.2) is 88.5 Å². The molecule has 2 amide bonds. The molecule has 108 valence electrons. The van der Waals surface area contributed by atoms with Crippen LogP contribution in [0.1, 0.15) is 0 Å². The zero-order valence-corrected chi connectivity index (χ0v) is 11.3. The molecule has 2 fully saturated rings. The quantitative estimate of drug-likeness (QED) is 0.699. The van der Waals surface area contributed by atoms with Crippen LogP contribution in [0.15, 0.2) is 0 Å². The molecule has 19 heavy (non-hydrogen) atoms. The zero-order chi connectivity index (χ0) is 13.8. The van der Waals surface area contributed by atoms with Crippen LogP contribution in [0.3, 0.4) is 0 Å². The molecule has 2 saturated heterocycles. The molecular weight excluding hydrogens is 272 g/mol. The van der Waals surface area contributed by atoms with Gasteiger partial charge in [0.25, 0.3) is 0 Å². The number of rotatable bonds is 2. The van der Waals surface area contributed by atoms with E-state index in [1.165, 1.54) is 21.6 Å². The van der Waals surface area contributed by atoms with Gasteiger partial charge in [-0.2, -0.15) is 11.8 Å². The van der Waals surface area contributed by atoms with Crippen molar-refractivity contribution in [1.82, 2.24) is 9.80 Å². The molecule has 2 aliphatic rings. The second-order valence-corrected chi connectivity index (χ2v) is 5.66. The van der Waals surface area contributed by atoms with Gasteiger partial charge in [0.1, 0.15) is 6.04 Å². The number of aliphatic hydroxyl groups is 1. The predicted octanol–water partition coefficient (Wildman–Crippen LogP) is -0.698. The van der Waals surface area contributed by atoms with Gasteiger partial charge in [-0.3, -0.25) is 0 Å². The number of carbonyl (C=O) groups is 2. The molecule has 2 atom stereocenters. The number of thioether (sulfide) groups is 1. The van der Waals surface area contributed by atoms with Gasteiger partial charge in [-0.15, -0.1) is 0 Å². The number of hydrogen-bond donors (Lipinski definition) is 2. The lowest BCUT2D eigenvalue weighted by Gasteiger charge is -2.41. The maximum absolute atomic E-state index is 12.4. The van der Waals surface area contributed by atoms with Gasteiger partial charge in [0.2, 0.25) is 0 Å². The number of urea groups is 1. The average Bonchev–Trinajstić information content (AvgIpc) is 2.46. The van der Waals surface area contributed by atoms with Crippen molar-refractivity contribution in [2.45, 2.75) is 12.1 Å². The largest absolute Gasteiger partial charge is 0.480 e. The third-order valence-corrected chi connectivity index (χ3v) is 4.37. The normalized spacial score (nSPS) is 28.3. The predicted molar refractivity (Wildman–Crippen MR) is 69.2 cm³/mol. The van der Waals surface area contributed by atoms with Crippen LogP contribution in [0.2, 0.25) is 0 Å². The maximum Gasteiger partial charge on any atom is 0.327 e. The average molecular weight is 290 g/mol. The van der Waals surface area contributed by atoms with E-state index in [1.807, 2.05) is 0 Å². The number of morpholine rings is 1. The summed E-state index contributed by atoms with van der Waals surface area (Å²) in [6.07, 6.45) is 0. The lowest BCUT2D eigenvalue weighted by atomic mass is 10.2. The van der Waals surface area contributed by atoms with Crippen molar-refractivity contribution in [2.24, 2.45) is 0 Å². The van der Waals surface area contributed by atoms with Gasteiger partial charge in [-0.05, 0) is 0 Å². The minimum absolute atomic E-state index is 0.175. The number of ether oxygens (including phenoxy) is 1. The first-order valence-corrected chi connectivity index (χ1v) is 7.37. The van der Waals surface area contributed by atoms with E-state index in [0.717, 1.165) is 5.75 Å². The summed E-state index contributed by atoms with van der Waals surface area (Å²) < 4.78 is 5.22. The second kappa shape index (κ2) is 6.44. The Labute approximate surface area is 115 Å². The number of carboxylic acid groups (broad SMARTS) is 1. The molecule has 2 aliphatic heterocycles. The van der Waals surface area contributed by atoms with Crippen LogP contribution in [0.4, 0.5) is 4.79 Å². The minimum Gasteiger partial charge on any atom is -0.480 e.